The van der Waals surface area contributed by atoms with Gasteiger partial charge in [0.1, 0.15) is 23.9 Å². The zero-order valence-electron chi connectivity index (χ0n) is 19.9. The number of hydrogen-bond donors (Lipinski definition) is 2. The van der Waals surface area contributed by atoms with E-state index >= 15 is 0 Å². The summed E-state index contributed by atoms with van der Waals surface area (Å²) in [5.41, 5.74) is 0.328. The van der Waals surface area contributed by atoms with E-state index in [1.807, 2.05) is 12.2 Å². The number of hydrogen-bond acceptors (Lipinski definition) is 7. The van der Waals surface area contributed by atoms with Gasteiger partial charge in [-0.25, -0.2) is 0 Å². The Morgan fingerprint density at radius 2 is 1.89 bits per heavy atom. The molecular formula is C25H31N3O7. The van der Waals surface area contributed by atoms with Crippen molar-refractivity contribution in [2.45, 2.75) is 69.5 Å². The van der Waals surface area contributed by atoms with Crippen molar-refractivity contribution in [3.63, 3.8) is 0 Å². The fraction of sp³-hybridized carbons (Fsp3) is 0.520. The molecule has 35 heavy (non-hydrogen) atoms. The van der Waals surface area contributed by atoms with Crippen molar-refractivity contribution in [2.75, 3.05) is 13.7 Å². The molecule has 4 rings (SSSR count). The molecular weight excluding hydrogens is 454 g/mol. The molecule has 3 aliphatic rings. The minimum Gasteiger partial charge on any atom is -0.496 e. The molecule has 0 radical (unpaired) electrons. The summed E-state index contributed by atoms with van der Waals surface area (Å²) in [7, 11) is 1.48. The van der Waals surface area contributed by atoms with Crippen molar-refractivity contribution in [2.24, 2.45) is 0 Å². The molecule has 3 amide bonds. The maximum atomic E-state index is 13.6. The van der Waals surface area contributed by atoms with Gasteiger partial charge in [-0.15, -0.1) is 0 Å². The highest BCUT2D eigenvalue weighted by Crippen LogP contribution is 2.30. The molecule has 188 valence electrons. The number of carbonyl (C=O) groups excluding carboxylic acids is 4. The predicted molar refractivity (Wildman–Crippen MR) is 124 cm³/mol. The van der Waals surface area contributed by atoms with Crippen LogP contribution in [0.3, 0.4) is 0 Å². The molecule has 0 bridgehead atoms. The lowest BCUT2D eigenvalue weighted by atomic mass is 10.0. The Labute approximate surface area is 204 Å². The molecule has 2 fully saturated rings. The summed E-state index contributed by atoms with van der Waals surface area (Å²) < 4.78 is 15.8. The maximum absolute atomic E-state index is 13.6. The average Bonchev–Trinajstić information content (AvgIpc) is 3.42. The average molecular weight is 486 g/mol. The monoisotopic (exact) mass is 485 g/mol. The van der Waals surface area contributed by atoms with E-state index in [4.69, 9.17) is 14.2 Å². The van der Waals surface area contributed by atoms with Gasteiger partial charge in [0.15, 0.2) is 0 Å². The smallest absolute Gasteiger partial charge is 0.310 e. The second-order valence-corrected chi connectivity index (χ2v) is 8.79. The topological polar surface area (TPSA) is 123 Å². The van der Waals surface area contributed by atoms with Crippen molar-refractivity contribution < 1.29 is 33.4 Å². The van der Waals surface area contributed by atoms with Gasteiger partial charge in [-0.05, 0) is 44.7 Å². The number of fused-ring (bicyclic) bond motifs is 1. The van der Waals surface area contributed by atoms with Crippen LogP contribution in [0.5, 0.6) is 5.75 Å². The molecule has 10 heteroatoms. The van der Waals surface area contributed by atoms with E-state index in [1.165, 1.54) is 7.11 Å². The first-order valence-corrected chi connectivity index (χ1v) is 12.0. The molecule has 0 aromatic heterocycles. The summed E-state index contributed by atoms with van der Waals surface area (Å²) in [4.78, 5) is 53.2. The first-order valence-electron chi connectivity index (χ1n) is 12.0. The number of amides is 3. The van der Waals surface area contributed by atoms with E-state index in [2.05, 4.69) is 10.6 Å². The first-order chi connectivity index (χ1) is 16.9. The molecule has 2 saturated heterocycles. The zero-order valence-corrected chi connectivity index (χ0v) is 19.9. The zero-order chi connectivity index (χ0) is 24.9. The molecule has 3 heterocycles. The minimum atomic E-state index is -0.840. The molecule has 1 aromatic rings. The van der Waals surface area contributed by atoms with Crippen LogP contribution in [0.2, 0.25) is 0 Å². The van der Waals surface area contributed by atoms with Gasteiger partial charge in [-0.1, -0.05) is 24.3 Å². The van der Waals surface area contributed by atoms with Crippen LogP contribution < -0.4 is 15.4 Å². The Kier molecular flexibility index (Phi) is 7.70. The van der Waals surface area contributed by atoms with Gasteiger partial charge in [-0.3, -0.25) is 19.2 Å². The van der Waals surface area contributed by atoms with Crippen LogP contribution >= 0.6 is 0 Å². The molecule has 3 aliphatic heterocycles. The molecule has 2 unspecified atom stereocenters. The Bertz CT molecular complexity index is 1010. The summed E-state index contributed by atoms with van der Waals surface area (Å²) in [6.07, 6.45) is 5.16. The predicted octanol–water partition coefficient (Wildman–Crippen LogP) is 1.30. The Morgan fingerprint density at radius 3 is 2.66 bits per heavy atom. The van der Waals surface area contributed by atoms with Crippen LogP contribution in [0.4, 0.5) is 0 Å². The lowest BCUT2D eigenvalue weighted by Crippen LogP contribution is -2.57. The van der Waals surface area contributed by atoms with Gasteiger partial charge in [0.25, 0.3) is 5.91 Å². The highest BCUT2D eigenvalue weighted by Gasteiger charge is 2.45. The molecule has 2 N–H and O–H groups in total. The Morgan fingerprint density at radius 1 is 1.11 bits per heavy atom. The summed E-state index contributed by atoms with van der Waals surface area (Å²) in [5.74, 6) is -1.11. The van der Waals surface area contributed by atoms with E-state index in [9.17, 15) is 19.2 Å². The number of methoxy groups -OCH3 is 1. The molecule has 0 saturated carbocycles. The van der Waals surface area contributed by atoms with Crippen LogP contribution in [0.15, 0.2) is 36.4 Å². The van der Waals surface area contributed by atoms with Crippen molar-refractivity contribution in [3.05, 3.63) is 42.0 Å². The number of nitrogens with one attached hydrogen (secondary N) is 2. The molecule has 5 atom stereocenters. The fourth-order valence-electron chi connectivity index (χ4n) is 4.91. The van der Waals surface area contributed by atoms with Crippen LogP contribution in [0, 0.1) is 0 Å². The Hall–Kier alpha value is -3.40. The fourth-order valence-corrected chi connectivity index (χ4v) is 4.91. The summed E-state index contributed by atoms with van der Waals surface area (Å²) in [6.45, 7) is 2.11. The van der Waals surface area contributed by atoms with E-state index in [0.717, 1.165) is 0 Å². The lowest BCUT2D eigenvalue weighted by molar-refractivity contribution is -0.164. The minimum absolute atomic E-state index is 0.0147. The highest BCUT2D eigenvalue weighted by molar-refractivity contribution is 6.00. The van der Waals surface area contributed by atoms with Crippen molar-refractivity contribution in [1.29, 1.82) is 0 Å². The standard InChI is InChI=1S/C25H31N3O7/c1-3-34-25-18(14-21(29)35-25)27-23(31)19-13-12-15-8-4-6-10-17(24(32)28(15)19)26-22(30)16-9-5-7-11-20(16)33-2/h4-7,9,11,15,17-19,25H,3,8,10,12-14H2,1-2H3,(H,26,30)(H,27,31)/b6-4-/t15-,17+,18?,19+,25?/m1/s1. The van der Waals surface area contributed by atoms with Crippen LogP contribution in [-0.4, -0.2) is 72.8 Å². The third-order valence-corrected chi connectivity index (χ3v) is 6.58. The van der Waals surface area contributed by atoms with Crippen molar-refractivity contribution >= 4 is 23.7 Å². The number of esters is 1. The number of para-hydroxylation sites is 1. The normalized spacial score (nSPS) is 29.0. The van der Waals surface area contributed by atoms with Gasteiger partial charge >= 0.3 is 5.97 Å². The van der Waals surface area contributed by atoms with E-state index in [1.54, 1.807) is 36.1 Å². The summed E-state index contributed by atoms with van der Waals surface area (Å²) >= 11 is 0. The molecule has 1 aromatic carbocycles. The van der Waals surface area contributed by atoms with Crippen molar-refractivity contribution in [1.82, 2.24) is 15.5 Å². The number of carbonyl (C=O) groups is 4. The third kappa shape index (κ3) is 5.32. The number of ether oxygens (including phenoxy) is 3. The van der Waals surface area contributed by atoms with Crippen molar-refractivity contribution in [3.8, 4) is 5.75 Å². The van der Waals surface area contributed by atoms with E-state index in [0.29, 0.717) is 43.6 Å². The number of rotatable bonds is 7. The number of cyclic esters (lactones) is 1. The van der Waals surface area contributed by atoms with Gasteiger partial charge in [0, 0.05) is 12.6 Å². The van der Waals surface area contributed by atoms with Gasteiger partial charge in [-0.2, -0.15) is 0 Å². The summed E-state index contributed by atoms with van der Waals surface area (Å²) in [6, 6.07) is 4.50. The molecule has 0 spiro atoms. The van der Waals surface area contributed by atoms with E-state index in [-0.39, 0.29) is 24.3 Å². The largest absolute Gasteiger partial charge is 0.496 e. The van der Waals surface area contributed by atoms with Gasteiger partial charge in [0.05, 0.1) is 19.1 Å². The quantitative estimate of drug-likeness (QED) is 0.441. The van der Waals surface area contributed by atoms with Crippen LogP contribution in [0.1, 0.15) is 49.4 Å². The number of nitrogens with zero attached hydrogens (tertiary/aromatic N) is 1. The maximum Gasteiger partial charge on any atom is 0.310 e. The SMILES string of the molecule is CCOC1OC(=O)CC1NC(=O)[C@@H]1CC[C@H]2C/C=C\C[C@H](NC(=O)c3ccccc3OC)C(=O)N21. The lowest BCUT2D eigenvalue weighted by Gasteiger charge is -2.34. The highest BCUT2D eigenvalue weighted by atomic mass is 16.7. The number of benzene rings is 1. The van der Waals surface area contributed by atoms with Crippen LogP contribution in [0.25, 0.3) is 0 Å². The molecule has 0 aliphatic carbocycles. The van der Waals surface area contributed by atoms with Crippen LogP contribution in [-0.2, 0) is 23.9 Å². The first kappa shape index (κ1) is 24.7. The second kappa shape index (κ2) is 10.9. The summed E-state index contributed by atoms with van der Waals surface area (Å²) in [5, 5.41) is 5.67. The molecule has 10 nitrogen and oxygen atoms in total. The van der Waals surface area contributed by atoms with E-state index < -0.39 is 36.3 Å². The third-order valence-electron chi connectivity index (χ3n) is 6.58. The Balaban J connectivity index is 1.49. The second-order valence-electron chi connectivity index (χ2n) is 8.79. The van der Waals surface area contributed by atoms with Gasteiger partial charge < -0.3 is 29.7 Å². The van der Waals surface area contributed by atoms with Gasteiger partial charge in [0.2, 0.25) is 18.1 Å².